The topological polar surface area (TPSA) is 73.6 Å². The van der Waals surface area contributed by atoms with Crippen LogP contribution in [0.5, 0.6) is 5.75 Å². The van der Waals surface area contributed by atoms with Crippen molar-refractivity contribution in [1.82, 2.24) is 0 Å². The highest BCUT2D eigenvalue weighted by molar-refractivity contribution is 6.62. The van der Waals surface area contributed by atoms with Crippen molar-refractivity contribution < 1.29 is 23.5 Å². The molecule has 0 bridgehead atoms. The Morgan fingerprint density at radius 3 is 2.45 bits per heavy atom. The van der Waals surface area contributed by atoms with Gasteiger partial charge in [0.2, 0.25) is 11.6 Å². The number of allylic oxidation sites excluding steroid dienone is 1. The highest BCUT2D eigenvalue weighted by atomic mass is 16.5. The van der Waals surface area contributed by atoms with E-state index in [2.05, 4.69) is 0 Å². The summed E-state index contributed by atoms with van der Waals surface area (Å²) in [6.07, 6.45) is 2.42. The quantitative estimate of drug-likeness (QED) is 0.490. The van der Waals surface area contributed by atoms with E-state index >= 15 is 0 Å². The van der Waals surface area contributed by atoms with Gasteiger partial charge in [0.1, 0.15) is 25.6 Å². The van der Waals surface area contributed by atoms with Crippen molar-refractivity contribution in [2.24, 2.45) is 0 Å². The van der Waals surface area contributed by atoms with E-state index in [0.717, 1.165) is 6.26 Å². The van der Waals surface area contributed by atoms with E-state index in [1.165, 1.54) is 13.2 Å². The fourth-order valence-electron chi connectivity index (χ4n) is 2.23. The zero-order chi connectivity index (χ0) is 15.9. The van der Waals surface area contributed by atoms with Crippen LogP contribution in [0.3, 0.4) is 0 Å². The maximum absolute atomic E-state index is 12.5. The number of fused-ring (bicyclic) bond motifs is 1. The summed E-state index contributed by atoms with van der Waals surface area (Å²) in [5.41, 5.74) is 0.157. The first-order valence-electron chi connectivity index (χ1n) is 6.39. The summed E-state index contributed by atoms with van der Waals surface area (Å²) in [5.74, 6) is -1.35. The molecule has 0 saturated carbocycles. The second-order valence-corrected chi connectivity index (χ2v) is 4.70. The zero-order valence-corrected chi connectivity index (χ0v) is 11.6. The van der Waals surface area contributed by atoms with Gasteiger partial charge in [-0.1, -0.05) is 0 Å². The van der Waals surface area contributed by atoms with Gasteiger partial charge in [-0.3, -0.25) is 14.4 Å². The molecule has 0 spiro atoms. The molecule has 3 rings (SSSR count). The molecule has 0 amide bonds. The number of ether oxygens (including phenoxy) is 1. The van der Waals surface area contributed by atoms with E-state index in [0.29, 0.717) is 11.3 Å². The van der Waals surface area contributed by atoms with Crippen LogP contribution in [0, 0.1) is 0 Å². The lowest BCUT2D eigenvalue weighted by molar-refractivity contribution is -0.111. The zero-order valence-electron chi connectivity index (χ0n) is 11.6. The minimum atomic E-state index is -0.835. The smallest absolute Gasteiger partial charge is 0.236 e. The second-order valence-electron chi connectivity index (χ2n) is 4.70. The number of furan rings is 1. The maximum atomic E-state index is 12.5. The van der Waals surface area contributed by atoms with E-state index in [-0.39, 0.29) is 22.4 Å². The van der Waals surface area contributed by atoms with Gasteiger partial charge in [-0.05, 0) is 35.8 Å². The van der Waals surface area contributed by atoms with E-state index in [1.54, 1.807) is 24.3 Å². The standard InChI is InChI=1S/C16H9BO5/c1-21-9-4-2-8(3-5-9)14(18)10-7-22-12-6-11(17)15(19)16(20)13(10)12/h2-7H,1H3. The third-order valence-corrected chi connectivity index (χ3v) is 3.40. The van der Waals surface area contributed by atoms with Crippen molar-refractivity contribution in [3.05, 3.63) is 58.5 Å². The molecule has 1 aliphatic carbocycles. The number of rotatable bonds is 3. The van der Waals surface area contributed by atoms with Gasteiger partial charge in [-0.2, -0.15) is 0 Å². The van der Waals surface area contributed by atoms with E-state index < -0.39 is 17.3 Å². The number of carbonyl (C=O) groups excluding carboxylic acids is 3. The van der Waals surface area contributed by atoms with Crippen LogP contribution in [0.25, 0.3) is 6.08 Å². The lowest BCUT2D eigenvalue weighted by Gasteiger charge is -2.08. The summed E-state index contributed by atoms with van der Waals surface area (Å²) < 4.78 is 10.2. The lowest BCUT2D eigenvalue weighted by Crippen LogP contribution is -2.22. The fraction of sp³-hybridized carbons (Fsp3) is 0.0625. The third kappa shape index (κ3) is 2.09. The average molecular weight is 292 g/mol. The molecule has 0 unspecified atom stereocenters. The Labute approximate surface area is 127 Å². The second kappa shape index (κ2) is 5.14. The van der Waals surface area contributed by atoms with Crippen LogP contribution in [0.2, 0.25) is 0 Å². The van der Waals surface area contributed by atoms with Crippen molar-refractivity contribution in [2.45, 2.75) is 0 Å². The first kappa shape index (κ1) is 14.1. The number of hydrogen-bond donors (Lipinski definition) is 0. The first-order chi connectivity index (χ1) is 10.5. The molecule has 6 heteroatoms. The minimum absolute atomic E-state index is 0.0416. The molecule has 0 saturated heterocycles. The molecule has 0 atom stereocenters. The normalized spacial score (nSPS) is 13.6. The monoisotopic (exact) mass is 292 g/mol. The summed E-state index contributed by atoms with van der Waals surface area (Å²) in [5, 5.41) is 0. The SMILES string of the molecule is [B]C1=Cc2occ(C(=O)c3ccc(OC)cc3)c2C(=O)C1=O. The summed E-state index contributed by atoms with van der Waals surface area (Å²) in [7, 11) is 6.96. The van der Waals surface area contributed by atoms with Crippen LogP contribution in [0.4, 0.5) is 0 Å². The Morgan fingerprint density at radius 2 is 1.82 bits per heavy atom. The van der Waals surface area contributed by atoms with Gasteiger partial charge in [-0.25, -0.2) is 0 Å². The molecule has 1 heterocycles. The van der Waals surface area contributed by atoms with Gasteiger partial charge >= 0.3 is 0 Å². The van der Waals surface area contributed by atoms with Crippen LogP contribution in [-0.2, 0) is 4.79 Å². The Bertz CT molecular complexity index is 827. The average Bonchev–Trinajstić information content (AvgIpc) is 2.96. The molecule has 2 aromatic rings. The predicted molar refractivity (Wildman–Crippen MR) is 78.2 cm³/mol. The molecule has 0 N–H and O–H groups in total. The van der Waals surface area contributed by atoms with E-state index in [4.69, 9.17) is 17.0 Å². The van der Waals surface area contributed by atoms with Crippen molar-refractivity contribution in [1.29, 1.82) is 0 Å². The minimum Gasteiger partial charge on any atom is -0.497 e. The number of ketones is 3. The van der Waals surface area contributed by atoms with Crippen molar-refractivity contribution in [3.8, 4) is 5.75 Å². The van der Waals surface area contributed by atoms with Gasteiger partial charge < -0.3 is 9.15 Å². The van der Waals surface area contributed by atoms with Crippen LogP contribution in [0.15, 0.2) is 40.4 Å². The van der Waals surface area contributed by atoms with Crippen molar-refractivity contribution >= 4 is 31.3 Å². The number of methoxy groups -OCH3 is 1. The molecule has 2 radical (unpaired) electrons. The molecule has 22 heavy (non-hydrogen) atoms. The Kier molecular flexibility index (Phi) is 3.29. The largest absolute Gasteiger partial charge is 0.497 e. The fourth-order valence-corrected chi connectivity index (χ4v) is 2.23. The number of Topliss-reactive ketones (excluding diaryl/α,β-unsaturated/α-hetero) is 2. The highest BCUT2D eigenvalue weighted by Crippen LogP contribution is 2.28. The molecule has 106 valence electrons. The number of carbonyl (C=O) groups is 3. The number of benzene rings is 1. The Morgan fingerprint density at radius 1 is 1.14 bits per heavy atom. The molecule has 1 aromatic heterocycles. The van der Waals surface area contributed by atoms with Crippen LogP contribution in [0.1, 0.15) is 32.0 Å². The molecular weight excluding hydrogens is 283 g/mol. The van der Waals surface area contributed by atoms with Crippen LogP contribution >= 0.6 is 0 Å². The van der Waals surface area contributed by atoms with Gasteiger partial charge in [0.05, 0.1) is 18.2 Å². The summed E-state index contributed by atoms with van der Waals surface area (Å²) >= 11 is 0. The van der Waals surface area contributed by atoms with Crippen LogP contribution < -0.4 is 4.74 Å². The van der Waals surface area contributed by atoms with Crippen LogP contribution in [-0.4, -0.2) is 32.3 Å². The van der Waals surface area contributed by atoms with E-state index in [9.17, 15) is 14.4 Å². The Hall–Kier alpha value is -2.89. The summed E-state index contributed by atoms with van der Waals surface area (Å²) in [4.78, 5) is 36.2. The molecule has 0 aliphatic heterocycles. The summed E-state index contributed by atoms with van der Waals surface area (Å²) in [6, 6.07) is 6.40. The van der Waals surface area contributed by atoms with Gasteiger partial charge in [0, 0.05) is 5.56 Å². The molecular formula is C16H9BO5. The van der Waals surface area contributed by atoms with Gasteiger partial charge in [-0.15, -0.1) is 0 Å². The van der Waals surface area contributed by atoms with Gasteiger partial charge in [0.25, 0.3) is 0 Å². The third-order valence-electron chi connectivity index (χ3n) is 3.40. The highest BCUT2D eigenvalue weighted by Gasteiger charge is 2.32. The van der Waals surface area contributed by atoms with Crippen molar-refractivity contribution in [3.63, 3.8) is 0 Å². The van der Waals surface area contributed by atoms with E-state index in [1.807, 2.05) is 0 Å². The van der Waals surface area contributed by atoms with Gasteiger partial charge in [0.15, 0.2) is 5.78 Å². The molecule has 0 fully saturated rings. The molecule has 1 aliphatic rings. The first-order valence-corrected chi connectivity index (χ1v) is 6.39. The van der Waals surface area contributed by atoms with Crippen molar-refractivity contribution in [2.75, 3.05) is 7.11 Å². The lowest BCUT2D eigenvalue weighted by atomic mass is 9.81. The number of hydrogen-bond acceptors (Lipinski definition) is 5. The maximum Gasteiger partial charge on any atom is 0.236 e. The molecule has 1 aromatic carbocycles. The molecule has 5 nitrogen and oxygen atoms in total. The predicted octanol–water partition coefficient (Wildman–Crippen LogP) is 1.79. The summed E-state index contributed by atoms with van der Waals surface area (Å²) in [6.45, 7) is 0. The Balaban J connectivity index is 2.05.